The van der Waals surface area contributed by atoms with Crippen molar-refractivity contribution >= 4 is 24.1 Å². The molecule has 0 spiro atoms. The maximum Gasteiger partial charge on any atom is 0.416 e. The third kappa shape index (κ3) is 3.58. The molecular weight excluding hydrogens is 250 g/mol. The van der Waals surface area contributed by atoms with E-state index in [1.807, 2.05) is 5.32 Å². The molecule has 0 amide bonds. The molecule has 0 aromatic heterocycles. The fraction of sp³-hybridized carbons (Fsp3) is 0.125. The van der Waals surface area contributed by atoms with Gasteiger partial charge in [0.05, 0.1) is 11.3 Å². The molecule has 16 heavy (non-hydrogen) atoms. The number of nitrogens with one attached hydrogen (secondary N) is 2. The summed E-state index contributed by atoms with van der Waals surface area (Å²) in [5.41, 5.74) is 3.40. The largest absolute Gasteiger partial charge is 0.416 e. The lowest BCUT2D eigenvalue weighted by atomic mass is 10.2. The van der Waals surface area contributed by atoms with Crippen LogP contribution in [0.2, 0.25) is 0 Å². The molecule has 0 atom stereocenters. The molecule has 1 aromatic rings. The Bertz CT molecular complexity index is 391. The highest BCUT2D eigenvalue weighted by atomic mass is 35.5. The minimum atomic E-state index is -4.55. The first-order valence-electron chi connectivity index (χ1n) is 3.78. The highest BCUT2D eigenvalue weighted by molar-refractivity contribution is 5.89. The maximum absolute atomic E-state index is 12.9. The van der Waals surface area contributed by atoms with Crippen molar-refractivity contribution in [2.75, 3.05) is 5.32 Å². The Morgan fingerprint density at radius 1 is 1.31 bits per heavy atom. The average Bonchev–Trinajstić information content (AvgIpc) is 2.06. The van der Waals surface area contributed by atoms with E-state index < -0.39 is 29.2 Å². The number of benzene rings is 1. The first kappa shape index (κ1) is 14.5. The molecule has 0 bridgehead atoms. The standard InChI is InChI=1S/C8H7F4N3.ClH/c9-5-2-1-4(8(10,11)12)3-6(5)15-7(13)14;/h1-3H,(H4,13,14,15);1H. The fourth-order valence-electron chi connectivity index (χ4n) is 0.942. The van der Waals surface area contributed by atoms with Crippen LogP contribution in [0.15, 0.2) is 18.2 Å². The zero-order valence-corrected chi connectivity index (χ0v) is 8.55. The van der Waals surface area contributed by atoms with Crippen molar-refractivity contribution in [3.63, 3.8) is 0 Å². The van der Waals surface area contributed by atoms with Gasteiger partial charge in [-0.2, -0.15) is 13.2 Å². The predicted molar refractivity (Wildman–Crippen MR) is 54.2 cm³/mol. The number of hydrogen-bond donors (Lipinski definition) is 3. The van der Waals surface area contributed by atoms with E-state index in [4.69, 9.17) is 11.1 Å². The SMILES string of the molecule is Cl.N=C(N)Nc1cc(C(F)(F)F)ccc1F. The van der Waals surface area contributed by atoms with Gasteiger partial charge in [-0.15, -0.1) is 12.4 Å². The van der Waals surface area contributed by atoms with Gasteiger partial charge in [0, 0.05) is 0 Å². The number of guanidine groups is 1. The Kier molecular flexibility index (Phi) is 4.55. The molecule has 0 fully saturated rings. The smallest absolute Gasteiger partial charge is 0.370 e. The molecule has 0 radical (unpaired) electrons. The van der Waals surface area contributed by atoms with E-state index in [-0.39, 0.29) is 12.4 Å². The molecule has 1 aromatic carbocycles. The fourth-order valence-corrected chi connectivity index (χ4v) is 0.942. The lowest BCUT2D eigenvalue weighted by molar-refractivity contribution is -0.137. The summed E-state index contributed by atoms with van der Waals surface area (Å²) in [4.78, 5) is 0. The van der Waals surface area contributed by atoms with Crippen molar-refractivity contribution in [1.82, 2.24) is 0 Å². The highest BCUT2D eigenvalue weighted by Gasteiger charge is 2.31. The van der Waals surface area contributed by atoms with E-state index in [2.05, 4.69) is 0 Å². The molecule has 0 aliphatic carbocycles. The first-order valence-corrected chi connectivity index (χ1v) is 3.78. The van der Waals surface area contributed by atoms with E-state index in [0.717, 1.165) is 0 Å². The molecule has 4 N–H and O–H groups in total. The summed E-state index contributed by atoms with van der Waals surface area (Å²) in [7, 11) is 0. The average molecular weight is 258 g/mol. The van der Waals surface area contributed by atoms with E-state index >= 15 is 0 Å². The molecule has 0 unspecified atom stereocenters. The van der Waals surface area contributed by atoms with Gasteiger partial charge in [-0.1, -0.05) is 0 Å². The van der Waals surface area contributed by atoms with Gasteiger partial charge in [0.1, 0.15) is 5.82 Å². The normalized spacial score (nSPS) is 10.5. The number of anilines is 1. The predicted octanol–water partition coefficient (Wildman–Crippen LogP) is 2.57. The molecule has 0 saturated heterocycles. The molecule has 0 aliphatic heterocycles. The second kappa shape index (κ2) is 5.02. The van der Waals surface area contributed by atoms with Crippen molar-refractivity contribution in [3.8, 4) is 0 Å². The van der Waals surface area contributed by atoms with E-state index in [9.17, 15) is 17.6 Å². The van der Waals surface area contributed by atoms with Crippen LogP contribution in [-0.4, -0.2) is 5.96 Å². The van der Waals surface area contributed by atoms with Crippen LogP contribution in [0, 0.1) is 11.2 Å². The van der Waals surface area contributed by atoms with Crippen molar-refractivity contribution in [2.24, 2.45) is 5.73 Å². The third-order valence-corrected chi connectivity index (χ3v) is 1.56. The monoisotopic (exact) mass is 257 g/mol. The minimum Gasteiger partial charge on any atom is -0.370 e. The van der Waals surface area contributed by atoms with E-state index in [1.165, 1.54) is 0 Å². The van der Waals surface area contributed by atoms with Crippen LogP contribution >= 0.6 is 12.4 Å². The Labute approximate surface area is 94.6 Å². The van der Waals surface area contributed by atoms with Gasteiger partial charge in [-0.3, -0.25) is 5.41 Å². The lowest BCUT2D eigenvalue weighted by Gasteiger charge is -2.10. The summed E-state index contributed by atoms with van der Waals surface area (Å²) >= 11 is 0. The van der Waals surface area contributed by atoms with Gasteiger partial charge in [-0.25, -0.2) is 4.39 Å². The quantitative estimate of drug-likeness (QED) is 0.411. The van der Waals surface area contributed by atoms with Crippen molar-refractivity contribution in [3.05, 3.63) is 29.6 Å². The summed E-state index contributed by atoms with van der Waals surface area (Å²) in [6, 6.07) is 1.82. The molecule has 0 aliphatic rings. The topological polar surface area (TPSA) is 61.9 Å². The van der Waals surface area contributed by atoms with Crippen molar-refractivity contribution < 1.29 is 17.6 Å². The molecule has 3 nitrogen and oxygen atoms in total. The summed E-state index contributed by atoms with van der Waals surface area (Å²) < 4.78 is 49.5. The molecule has 1 rings (SSSR count). The second-order valence-corrected chi connectivity index (χ2v) is 2.73. The highest BCUT2D eigenvalue weighted by Crippen LogP contribution is 2.31. The first-order chi connectivity index (χ1) is 6.80. The van der Waals surface area contributed by atoms with Crippen LogP contribution in [0.3, 0.4) is 0 Å². The third-order valence-electron chi connectivity index (χ3n) is 1.56. The Balaban J connectivity index is 0.00000225. The van der Waals surface area contributed by atoms with Gasteiger partial charge >= 0.3 is 6.18 Å². The van der Waals surface area contributed by atoms with Gasteiger partial charge in [0.15, 0.2) is 5.96 Å². The number of hydrogen-bond acceptors (Lipinski definition) is 1. The molecule has 8 heteroatoms. The Morgan fingerprint density at radius 3 is 2.31 bits per heavy atom. The number of nitrogens with two attached hydrogens (primary N) is 1. The van der Waals surface area contributed by atoms with Gasteiger partial charge in [0.25, 0.3) is 0 Å². The maximum atomic E-state index is 12.9. The molecule has 0 saturated carbocycles. The van der Waals surface area contributed by atoms with Gasteiger partial charge in [0.2, 0.25) is 0 Å². The van der Waals surface area contributed by atoms with E-state index in [1.54, 1.807) is 0 Å². The zero-order valence-electron chi connectivity index (χ0n) is 7.73. The summed E-state index contributed by atoms with van der Waals surface area (Å²) in [5.74, 6) is -1.54. The Hall–Kier alpha value is -1.50. The zero-order chi connectivity index (χ0) is 11.6. The number of rotatable bonds is 1. The van der Waals surface area contributed by atoms with Crippen LogP contribution in [0.5, 0.6) is 0 Å². The second-order valence-electron chi connectivity index (χ2n) is 2.73. The van der Waals surface area contributed by atoms with Gasteiger partial charge in [-0.05, 0) is 18.2 Å². The van der Waals surface area contributed by atoms with E-state index in [0.29, 0.717) is 18.2 Å². The summed E-state index contributed by atoms with van der Waals surface area (Å²) in [5, 5.41) is 8.75. The Morgan fingerprint density at radius 2 is 1.88 bits per heavy atom. The summed E-state index contributed by atoms with van der Waals surface area (Å²) in [6.07, 6.45) is -4.55. The van der Waals surface area contributed by atoms with Crippen LogP contribution in [0.25, 0.3) is 0 Å². The minimum absolute atomic E-state index is 0. The van der Waals surface area contributed by atoms with Crippen LogP contribution in [-0.2, 0) is 6.18 Å². The van der Waals surface area contributed by atoms with Gasteiger partial charge < -0.3 is 11.1 Å². The molecular formula is C8H8ClF4N3. The van der Waals surface area contributed by atoms with Crippen LogP contribution in [0.4, 0.5) is 23.2 Å². The molecule has 90 valence electrons. The number of halogens is 5. The molecule has 0 heterocycles. The number of alkyl halides is 3. The van der Waals surface area contributed by atoms with Crippen LogP contribution in [0.1, 0.15) is 5.56 Å². The lowest BCUT2D eigenvalue weighted by Crippen LogP contribution is -2.21. The van der Waals surface area contributed by atoms with Crippen molar-refractivity contribution in [1.29, 1.82) is 5.41 Å². The van der Waals surface area contributed by atoms with Crippen LogP contribution < -0.4 is 11.1 Å². The van der Waals surface area contributed by atoms with Crippen molar-refractivity contribution in [2.45, 2.75) is 6.18 Å². The summed E-state index contributed by atoms with van der Waals surface area (Å²) in [6.45, 7) is 0.